The van der Waals surface area contributed by atoms with Crippen LogP contribution in [0.25, 0.3) is 11.0 Å². The number of aryl methyl sites for hydroxylation is 2. The van der Waals surface area contributed by atoms with Gasteiger partial charge >= 0.3 is 5.63 Å². The van der Waals surface area contributed by atoms with Crippen LogP contribution >= 0.6 is 0 Å². The van der Waals surface area contributed by atoms with Crippen LogP contribution in [-0.2, 0) is 4.79 Å². The summed E-state index contributed by atoms with van der Waals surface area (Å²) in [6.45, 7) is 3.69. The molecule has 0 unspecified atom stereocenters. The number of anilines is 1. The van der Waals surface area contributed by atoms with E-state index in [4.69, 9.17) is 9.15 Å². The fourth-order valence-electron chi connectivity index (χ4n) is 2.38. The van der Waals surface area contributed by atoms with Gasteiger partial charge in [-0.2, -0.15) is 0 Å². The van der Waals surface area contributed by atoms with Crippen LogP contribution in [0.1, 0.15) is 11.1 Å². The van der Waals surface area contributed by atoms with Crippen LogP contribution < -0.4 is 15.7 Å². The van der Waals surface area contributed by atoms with Gasteiger partial charge in [0.25, 0.3) is 5.91 Å². The molecule has 0 atom stereocenters. The molecule has 5 heteroatoms. The molecule has 0 radical (unpaired) electrons. The second-order valence-electron chi connectivity index (χ2n) is 5.61. The zero-order chi connectivity index (χ0) is 17.1. The lowest BCUT2D eigenvalue weighted by molar-refractivity contribution is -0.118. The molecule has 0 aliphatic heterocycles. The summed E-state index contributed by atoms with van der Waals surface area (Å²) in [7, 11) is 0. The lowest BCUT2D eigenvalue weighted by atomic mass is 10.1. The van der Waals surface area contributed by atoms with Crippen LogP contribution in [0.2, 0.25) is 0 Å². The lowest BCUT2D eigenvalue weighted by Crippen LogP contribution is -2.20. The number of fused-ring (bicyclic) bond motifs is 1. The first-order valence-electron chi connectivity index (χ1n) is 7.55. The Morgan fingerprint density at radius 1 is 1.08 bits per heavy atom. The van der Waals surface area contributed by atoms with E-state index in [0.29, 0.717) is 17.0 Å². The summed E-state index contributed by atoms with van der Waals surface area (Å²) in [6.07, 6.45) is 0. The highest BCUT2D eigenvalue weighted by Gasteiger charge is 2.07. The van der Waals surface area contributed by atoms with E-state index in [1.165, 1.54) is 6.07 Å². The zero-order valence-corrected chi connectivity index (χ0v) is 13.5. The molecule has 122 valence electrons. The van der Waals surface area contributed by atoms with Gasteiger partial charge in [0.05, 0.1) is 0 Å². The number of rotatable bonds is 4. The van der Waals surface area contributed by atoms with Crippen LogP contribution in [0, 0.1) is 13.8 Å². The van der Waals surface area contributed by atoms with Gasteiger partial charge in [-0.3, -0.25) is 4.79 Å². The van der Waals surface area contributed by atoms with E-state index in [0.717, 1.165) is 16.5 Å². The first kappa shape index (κ1) is 15.8. The van der Waals surface area contributed by atoms with Crippen molar-refractivity contribution in [3.05, 3.63) is 70.1 Å². The average molecular weight is 323 g/mol. The number of hydrogen-bond donors (Lipinski definition) is 1. The van der Waals surface area contributed by atoms with E-state index in [2.05, 4.69) is 5.32 Å². The fourth-order valence-corrected chi connectivity index (χ4v) is 2.38. The normalized spacial score (nSPS) is 10.6. The van der Waals surface area contributed by atoms with Crippen molar-refractivity contribution in [1.82, 2.24) is 0 Å². The van der Waals surface area contributed by atoms with Gasteiger partial charge in [0.1, 0.15) is 11.3 Å². The number of benzene rings is 2. The van der Waals surface area contributed by atoms with E-state index in [1.807, 2.05) is 38.1 Å². The summed E-state index contributed by atoms with van der Waals surface area (Å²) in [5.41, 5.74) is 2.71. The van der Waals surface area contributed by atoms with E-state index >= 15 is 0 Å². The van der Waals surface area contributed by atoms with Gasteiger partial charge in [-0.1, -0.05) is 17.7 Å². The first-order chi connectivity index (χ1) is 11.5. The molecule has 2 aromatic carbocycles. The molecule has 3 rings (SSSR count). The van der Waals surface area contributed by atoms with Gasteiger partial charge in [0, 0.05) is 23.2 Å². The quantitative estimate of drug-likeness (QED) is 0.747. The molecular formula is C19H17NO4. The van der Waals surface area contributed by atoms with Gasteiger partial charge in [-0.15, -0.1) is 0 Å². The Kier molecular flexibility index (Phi) is 4.33. The number of amides is 1. The van der Waals surface area contributed by atoms with E-state index in [9.17, 15) is 9.59 Å². The molecule has 24 heavy (non-hydrogen) atoms. The highest BCUT2D eigenvalue weighted by atomic mass is 16.5. The Bertz CT molecular complexity index is 942. The predicted molar refractivity (Wildman–Crippen MR) is 92.5 cm³/mol. The smallest absolute Gasteiger partial charge is 0.336 e. The predicted octanol–water partition coefficient (Wildman–Crippen LogP) is 3.43. The van der Waals surface area contributed by atoms with Gasteiger partial charge in [0.15, 0.2) is 6.61 Å². The van der Waals surface area contributed by atoms with Crippen LogP contribution in [0.15, 0.2) is 57.7 Å². The third-order valence-electron chi connectivity index (χ3n) is 3.63. The van der Waals surface area contributed by atoms with Crippen LogP contribution in [-0.4, -0.2) is 12.5 Å². The molecule has 0 aliphatic rings. The Hall–Kier alpha value is -3.08. The Morgan fingerprint density at radius 3 is 2.58 bits per heavy atom. The Balaban J connectivity index is 1.67. The highest BCUT2D eigenvalue weighted by molar-refractivity contribution is 5.92. The molecular weight excluding hydrogens is 306 g/mol. The molecule has 0 fully saturated rings. The van der Waals surface area contributed by atoms with E-state index < -0.39 is 5.63 Å². The lowest BCUT2D eigenvalue weighted by Gasteiger charge is -2.08. The SMILES string of the molecule is Cc1ccc(NC(=O)COc2ccc3c(C)cc(=O)oc3c2)cc1. The summed E-state index contributed by atoms with van der Waals surface area (Å²) in [5, 5.41) is 3.60. The highest BCUT2D eigenvalue weighted by Crippen LogP contribution is 2.22. The van der Waals surface area contributed by atoms with E-state index in [1.54, 1.807) is 18.2 Å². The average Bonchev–Trinajstić information content (AvgIpc) is 2.54. The van der Waals surface area contributed by atoms with Crippen molar-refractivity contribution < 1.29 is 13.9 Å². The summed E-state index contributed by atoms with van der Waals surface area (Å²) >= 11 is 0. The van der Waals surface area contributed by atoms with Crippen molar-refractivity contribution in [3.63, 3.8) is 0 Å². The van der Waals surface area contributed by atoms with Gasteiger partial charge in [-0.25, -0.2) is 4.79 Å². The van der Waals surface area contributed by atoms with Crippen molar-refractivity contribution in [2.75, 3.05) is 11.9 Å². The molecule has 0 spiro atoms. The van der Waals surface area contributed by atoms with Crippen LogP contribution in [0.5, 0.6) is 5.75 Å². The summed E-state index contributed by atoms with van der Waals surface area (Å²) in [4.78, 5) is 23.4. The topological polar surface area (TPSA) is 68.5 Å². The summed E-state index contributed by atoms with van der Waals surface area (Å²) in [5.74, 6) is 0.208. The number of nitrogens with one attached hydrogen (secondary N) is 1. The van der Waals surface area contributed by atoms with Crippen molar-refractivity contribution in [2.24, 2.45) is 0 Å². The maximum atomic E-state index is 11.9. The molecule has 0 bridgehead atoms. The number of hydrogen-bond acceptors (Lipinski definition) is 4. The third kappa shape index (κ3) is 3.63. The van der Waals surface area contributed by atoms with Crippen LogP contribution in [0.4, 0.5) is 5.69 Å². The van der Waals surface area contributed by atoms with Crippen molar-refractivity contribution in [3.8, 4) is 5.75 Å². The summed E-state index contributed by atoms with van der Waals surface area (Å²) < 4.78 is 10.6. The van der Waals surface area contributed by atoms with Gasteiger partial charge in [-0.05, 0) is 43.7 Å². The minimum atomic E-state index is -0.408. The van der Waals surface area contributed by atoms with Crippen LogP contribution in [0.3, 0.4) is 0 Å². The second kappa shape index (κ2) is 6.58. The molecule has 1 heterocycles. The third-order valence-corrected chi connectivity index (χ3v) is 3.63. The van der Waals surface area contributed by atoms with Crippen molar-refractivity contribution in [1.29, 1.82) is 0 Å². The number of ether oxygens (including phenoxy) is 1. The minimum absolute atomic E-state index is 0.130. The molecule has 5 nitrogen and oxygen atoms in total. The first-order valence-corrected chi connectivity index (χ1v) is 7.55. The molecule has 3 aromatic rings. The fraction of sp³-hybridized carbons (Fsp3) is 0.158. The number of carbonyl (C=O) groups is 1. The molecule has 0 saturated carbocycles. The summed E-state index contributed by atoms with van der Waals surface area (Å²) in [6, 6.07) is 14.1. The Labute approximate surface area is 138 Å². The molecule has 0 aliphatic carbocycles. The maximum Gasteiger partial charge on any atom is 0.336 e. The molecule has 0 saturated heterocycles. The molecule has 1 N–H and O–H groups in total. The molecule has 1 amide bonds. The van der Waals surface area contributed by atoms with E-state index in [-0.39, 0.29) is 12.5 Å². The van der Waals surface area contributed by atoms with Crippen molar-refractivity contribution >= 4 is 22.6 Å². The van der Waals surface area contributed by atoms with Crippen molar-refractivity contribution in [2.45, 2.75) is 13.8 Å². The zero-order valence-electron chi connectivity index (χ0n) is 13.5. The van der Waals surface area contributed by atoms with Gasteiger partial charge < -0.3 is 14.5 Å². The maximum absolute atomic E-state index is 11.9. The monoisotopic (exact) mass is 323 g/mol. The minimum Gasteiger partial charge on any atom is -0.484 e. The standard InChI is InChI=1S/C19H17NO4/c1-12-3-5-14(6-4-12)20-18(21)11-23-15-7-8-16-13(2)9-19(22)24-17(16)10-15/h3-10H,11H2,1-2H3,(H,20,21). The largest absolute Gasteiger partial charge is 0.484 e. The number of carbonyl (C=O) groups excluding carboxylic acids is 1. The molecule has 1 aromatic heterocycles. The van der Waals surface area contributed by atoms with Gasteiger partial charge in [0.2, 0.25) is 0 Å². The Morgan fingerprint density at radius 2 is 1.83 bits per heavy atom. The second-order valence-corrected chi connectivity index (χ2v) is 5.61.